The molecular formula is C13H21ClN2O2. The van der Waals surface area contributed by atoms with Crippen LogP contribution in [0.4, 0.5) is 5.69 Å². The molecule has 0 bridgehead atoms. The molecule has 2 atom stereocenters. The third kappa shape index (κ3) is 4.14. The molecule has 0 spiro atoms. The summed E-state index contributed by atoms with van der Waals surface area (Å²) in [6.45, 7) is 2.68. The molecule has 0 radical (unpaired) electrons. The van der Waals surface area contributed by atoms with E-state index >= 15 is 0 Å². The number of nitrogens with two attached hydrogens (primary N) is 1. The summed E-state index contributed by atoms with van der Waals surface area (Å²) >= 11 is 6.22. The number of ether oxygens (including phenoxy) is 1. The zero-order valence-electron chi connectivity index (χ0n) is 11.1. The van der Waals surface area contributed by atoms with E-state index in [-0.39, 0.29) is 6.04 Å². The number of methoxy groups -OCH3 is 1. The number of aliphatic hydroxyl groups excluding tert-OH is 1. The lowest BCUT2D eigenvalue weighted by Crippen LogP contribution is -2.32. The van der Waals surface area contributed by atoms with Crippen molar-refractivity contribution in [3.05, 3.63) is 28.8 Å². The van der Waals surface area contributed by atoms with Gasteiger partial charge < -0.3 is 20.5 Å². The zero-order valence-corrected chi connectivity index (χ0v) is 11.8. The van der Waals surface area contributed by atoms with Crippen molar-refractivity contribution in [2.75, 3.05) is 32.2 Å². The fourth-order valence-corrected chi connectivity index (χ4v) is 2.11. The topological polar surface area (TPSA) is 58.7 Å². The molecule has 2 unspecified atom stereocenters. The molecule has 4 nitrogen and oxygen atoms in total. The van der Waals surface area contributed by atoms with E-state index in [4.69, 9.17) is 22.1 Å². The minimum atomic E-state index is -0.538. The lowest BCUT2D eigenvalue weighted by molar-refractivity contribution is 0.0695. The Morgan fingerprint density at radius 2 is 2.17 bits per heavy atom. The summed E-state index contributed by atoms with van der Waals surface area (Å²) in [5.74, 6) is 0. The molecule has 0 heterocycles. The second kappa shape index (κ2) is 6.95. The van der Waals surface area contributed by atoms with Crippen LogP contribution in [0.1, 0.15) is 18.5 Å². The Morgan fingerprint density at radius 3 is 2.67 bits per heavy atom. The minimum Gasteiger partial charge on any atom is -0.389 e. The Balaban J connectivity index is 2.77. The van der Waals surface area contributed by atoms with Gasteiger partial charge in [-0.25, -0.2) is 0 Å². The predicted molar refractivity (Wildman–Crippen MR) is 75.2 cm³/mol. The standard InChI is InChI=1S/C13H21ClN2O2/c1-9(15)10-4-5-13(12(14)6-10)16(2)7-11(17)8-18-3/h4-6,9,11,17H,7-8,15H2,1-3H3. The van der Waals surface area contributed by atoms with E-state index < -0.39 is 6.10 Å². The first-order valence-electron chi connectivity index (χ1n) is 5.89. The van der Waals surface area contributed by atoms with Crippen molar-refractivity contribution in [3.8, 4) is 0 Å². The van der Waals surface area contributed by atoms with Gasteiger partial charge in [0.1, 0.15) is 0 Å². The van der Waals surface area contributed by atoms with Crippen LogP contribution in [0.3, 0.4) is 0 Å². The van der Waals surface area contributed by atoms with Gasteiger partial charge in [-0.1, -0.05) is 17.7 Å². The van der Waals surface area contributed by atoms with E-state index in [0.29, 0.717) is 18.2 Å². The van der Waals surface area contributed by atoms with E-state index in [9.17, 15) is 5.11 Å². The van der Waals surface area contributed by atoms with Crippen LogP contribution in [0.25, 0.3) is 0 Å². The summed E-state index contributed by atoms with van der Waals surface area (Å²) in [6.07, 6.45) is -0.538. The van der Waals surface area contributed by atoms with Crippen LogP contribution in [0.15, 0.2) is 18.2 Å². The fourth-order valence-electron chi connectivity index (χ4n) is 1.78. The highest BCUT2D eigenvalue weighted by atomic mass is 35.5. The van der Waals surface area contributed by atoms with Crippen molar-refractivity contribution < 1.29 is 9.84 Å². The van der Waals surface area contributed by atoms with E-state index in [1.54, 1.807) is 7.11 Å². The molecule has 1 aromatic carbocycles. The molecule has 1 rings (SSSR count). The van der Waals surface area contributed by atoms with Gasteiger partial charge in [-0.15, -0.1) is 0 Å². The molecule has 0 amide bonds. The number of likely N-dealkylation sites (N-methyl/N-ethyl adjacent to an activating group) is 1. The van der Waals surface area contributed by atoms with Crippen LogP contribution in [-0.2, 0) is 4.74 Å². The average Bonchev–Trinajstić information content (AvgIpc) is 2.28. The Bertz CT molecular complexity index is 385. The molecule has 0 saturated heterocycles. The van der Waals surface area contributed by atoms with Crippen LogP contribution in [-0.4, -0.2) is 38.5 Å². The lowest BCUT2D eigenvalue weighted by atomic mass is 10.1. The third-order valence-corrected chi connectivity index (χ3v) is 3.06. The monoisotopic (exact) mass is 272 g/mol. The zero-order chi connectivity index (χ0) is 13.7. The number of anilines is 1. The SMILES string of the molecule is COCC(O)CN(C)c1ccc(C(C)N)cc1Cl. The summed E-state index contributed by atoms with van der Waals surface area (Å²) < 4.78 is 4.90. The van der Waals surface area contributed by atoms with Crippen LogP contribution in [0.2, 0.25) is 5.02 Å². The highest BCUT2D eigenvalue weighted by Crippen LogP contribution is 2.27. The third-order valence-electron chi connectivity index (χ3n) is 2.75. The molecule has 0 aromatic heterocycles. The Labute approximate surface area is 113 Å². The first kappa shape index (κ1) is 15.2. The predicted octanol–water partition coefficient (Wildman–Crippen LogP) is 1.80. The number of rotatable bonds is 6. The summed E-state index contributed by atoms with van der Waals surface area (Å²) in [5, 5.41) is 10.3. The normalized spacial score (nSPS) is 14.3. The molecule has 0 aliphatic rings. The van der Waals surface area contributed by atoms with E-state index in [1.807, 2.05) is 37.1 Å². The quantitative estimate of drug-likeness (QED) is 0.829. The minimum absolute atomic E-state index is 0.0408. The second-order valence-electron chi connectivity index (χ2n) is 4.49. The first-order chi connectivity index (χ1) is 8.45. The van der Waals surface area contributed by atoms with E-state index in [1.165, 1.54) is 0 Å². The van der Waals surface area contributed by atoms with Crippen molar-refractivity contribution in [3.63, 3.8) is 0 Å². The van der Waals surface area contributed by atoms with Gasteiger partial charge in [0.05, 0.1) is 23.4 Å². The van der Waals surface area contributed by atoms with Gasteiger partial charge >= 0.3 is 0 Å². The maximum absolute atomic E-state index is 9.68. The number of halogens is 1. The van der Waals surface area contributed by atoms with Crippen LogP contribution in [0.5, 0.6) is 0 Å². The molecule has 0 aliphatic heterocycles. The summed E-state index contributed by atoms with van der Waals surface area (Å²) in [6, 6.07) is 5.69. The smallest absolute Gasteiger partial charge is 0.0947 e. The average molecular weight is 273 g/mol. The van der Waals surface area contributed by atoms with Gasteiger partial charge in [0.2, 0.25) is 0 Å². The second-order valence-corrected chi connectivity index (χ2v) is 4.90. The maximum Gasteiger partial charge on any atom is 0.0947 e. The van der Waals surface area contributed by atoms with E-state index in [0.717, 1.165) is 11.3 Å². The lowest BCUT2D eigenvalue weighted by Gasteiger charge is -2.24. The molecule has 0 saturated carbocycles. The van der Waals surface area contributed by atoms with Gasteiger partial charge in [-0.05, 0) is 24.6 Å². The number of benzene rings is 1. The van der Waals surface area contributed by atoms with Crippen molar-refractivity contribution in [2.24, 2.45) is 5.73 Å². The number of hydrogen-bond acceptors (Lipinski definition) is 4. The number of nitrogens with zero attached hydrogens (tertiary/aromatic N) is 1. The number of aliphatic hydroxyl groups is 1. The van der Waals surface area contributed by atoms with Crippen LogP contribution >= 0.6 is 11.6 Å². The first-order valence-corrected chi connectivity index (χ1v) is 6.26. The van der Waals surface area contributed by atoms with Crippen molar-refractivity contribution >= 4 is 17.3 Å². The highest BCUT2D eigenvalue weighted by Gasteiger charge is 2.12. The molecule has 102 valence electrons. The maximum atomic E-state index is 9.68. The molecule has 5 heteroatoms. The summed E-state index contributed by atoms with van der Waals surface area (Å²) in [5.41, 5.74) is 7.67. The van der Waals surface area contributed by atoms with Gasteiger partial charge in [0.25, 0.3) is 0 Å². The van der Waals surface area contributed by atoms with Crippen LogP contribution < -0.4 is 10.6 Å². The molecule has 0 aliphatic carbocycles. The largest absolute Gasteiger partial charge is 0.389 e. The highest BCUT2D eigenvalue weighted by molar-refractivity contribution is 6.33. The Morgan fingerprint density at radius 1 is 1.50 bits per heavy atom. The molecule has 1 aromatic rings. The summed E-state index contributed by atoms with van der Waals surface area (Å²) in [4.78, 5) is 1.90. The van der Waals surface area contributed by atoms with Gasteiger partial charge in [-0.3, -0.25) is 0 Å². The van der Waals surface area contributed by atoms with Crippen molar-refractivity contribution in [2.45, 2.75) is 19.1 Å². The van der Waals surface area contributed by atoms with Gasteiger partial charge in [-0.2, -0.15) is 0 Å². The van der Waals surface area contributed by atoms with Crippen molar-refractivity contribution in [1.29, 1.82) is 0 Å². The van der Waals surface area contributed by atoms with Gasteiger partial charge in [0, 0.05) is 26.7 Å². The Kier molecular flexibility index (Phi) is 5.88. The van der Waals surface area contributed by atoms with Crippen LogP contribution in [0, 0.1) is 0 Å². The molecule has 0 fully saturated rings. The Hall–Kier alpha value is -0.810. The summed E-state index contributed by atoms with van der Waals surface area (Å²) in [7, 11) is 3.44. The molecule has 3 N–H and O–H groups in total. The van der Waals surface area contributed by atoms with Crippen molar-refractivity contribution in [1.82, 2.24) is 0 Å². The molecule has 18 heavy (non-hydrogen) atoms. The molecular weight excluding hydrogens is 252 g/mol. The fraction of sp³-hybridized carbons (Fsp3) is 0.538. The van der Waals surface area contributed by atoms with Gasteiger partial charge in [0.15, 0.2) is 0 Å². The van der Waals surface area contributed by atoms with E-state index in [2.05, 4.69) is 0 Å². The number of hydrogen-bond donors (Lipinski definition) is 2.